The molecule has 13 heavy (non-hydrogen) atoms. The fraction of sp³-hybridized carbons (Fsp3) is 1.00. The summed E-state index contributed by atoms with van der Waals surface area (Å²) in [5.41, 5.74) is 0. The Labute approximate surface area is 82.5 Å². The van der Waals surface area contributed by atoms with Crippen LogP contribution in [0.25, 0.3) is 0 Å². The summed E-state index contributed by atoms with van der Waals surface area (Å²) in [5, 5.41) is 1.88. The average Bonchev–Trinajstić information content (AvgIpc) is 2.02. The second kappa shape index (κ2) is 5.61. The second-order valence-corrected chi connectivity index (χ2v) is 4.51. The van der Waals surface area contributed by atoms with Gasteiger partial charge < -0.3 is 0 Å². The molecule has 2 N–H and O–H groups in total. The van der Waals surface area contributed by atoms with E-state index in [4.69, 9.17) is 5.84 Å². The zero-order valence-electron chi connectivity index (χ0n) is 9.13. The lowest BCUT2D eigenvalue weighted by atomic mass is 9.86. The van der Waals surface area contributed by atoms with Crippen LogP contribution in [0.5, 0.6) is 0 Å². The molecule has 0 aromatic carbocycles. The molecule has 2 heteroatoms. The van der Waals surface area contributed by atoms with E-state index in [1.165, 1.54) is 44.9 Å². The zero-order valence-corrected chi connectivity index (χ0v) is 9.13. The van der Waals surface area contributed by atoms with Gasteiger partial charge in [0, 0.05) is 13.1 Å². The molecular formula is C11H24N2. The number of hydrazine groups is 1. The highest BCUT2D eigenvalue weighted by Crippen LogP contribution is 2.25. The maximum absolute atomic E-state index is 5.79. The maximum Gasteiger partial charge on any atom is 0.0238 e. The molecule has 1 atom stereocenters. The van der Waals surface area contributed by atoms with Gasteiger partial charge >= 0.3 is 0 Å². The summed E-state index contributed by atoms with van der Waals surface area (Å²) >= 11 is 0. The molecule has 1 aliphatic rings. The van der Waals surface area contributed by atoms with Crippen molar-refractivity contribution in [2.45, 2.75) is 57.9 Å². The van der Waals surface area contributed by atoms with Crippen LogP contribution in [0, 0.1) is 5.92 Å². The van der Waals surface area contributed by atoms with Gasteiger partial charge in [-0.1, -0.05) is 32.1 Å². The third-order valence-electron chi connectivity index (χ3n) is 3.47. The number of rotatable bonds is 2. The predicted molar refractivity (Wildman–Crippen MR) is 57.2 cm³/mol. The van der Waals surface area contributed by atoms with E-state index in [-0.39, 0.29) is 0 Å². The monoisotopic (exact) mass is 184 g/mol. The van der Waals surface area contributed by atoms with Crippen molar-refractivity contribution in [3.63, 3.8) is 0 Å². The predicted octanol–water partition coefficient (Wildman–Crippen LogP) is 2.54. The van der Waals surface area contributed by atoms with Crippen molar-refractivity contribution in [3.8, 4) is 0 Å². The molecule has 1 aliphatic carbocycles. The molecule has 78 valence electrons. The number of nitrogens with two attached hydrogens (primary N) is 1. The van der Waals surface area contributed by atoms with Crippen molar-refractivity contribution in [1.29, 1.82) is 0 Å². The van der Waals surface area contributed by atoms with Crippen molar-refractivity contribution in [2.24, 2.45) is 11.8 Å². The van der Waals surface area contributed by atoms with Crippen molar-refractivity contribution >= 4 is 0 Å². The van der Waals surface area contributed by atoms with E-state index in [2.05, 4.69) is 6.92 Å². The molecule has 1 unspecified atom stereocenters. The van der Waals surface area contributed by atoms with Crippen LogP contribution in [0.3, 0.4) is 0 Å². The molecule has 0 aromatic rings. The van der Waals surface area contributed by atoms with E-state index in [1.54, 1.807) is 0 Å². The summed E-state index contributed by atoms with van der Waals surface area (Å²) < 4.78 is 0. The first kappa shape index (κ1) is 11.0. The molecule has 0 amide bonds. The summed E-state index contributed by atoms with van der Waals surface area (Å²) in [6, 6.07) is 0.554. The first-order chi connectivity index (χ1) is 6.22. The Balaban J connectivity index is 2.36. The second-order valence-electron chi connectivity index (χ2n) is 4.51. The minimum absolute atomic E-state index is 0.554. The zero-order chi connectivity index (χ0) is 9.68. The molecule has 2 nitrogen and oxygen atoms in total. The van der Waals surface area contributed by atoms with Crippen LogP contribution >= 0.6 is 0 Å². The Morgan fingerprint density at radius 2 is 1.54 bits per heavy atom. The van der Waals surface area contributed by atoms with Gasteiger partial charge in [0.15, 0.2) is 0 Å². The summed E-state index contributed by atoms with van der Waals surface area (Å²) in [5.74, 6) is 6.62. The number of nitrogens with zero attached hydrogens (tertiary/aromatic N) is 1. The summed E-state index contributed by atoms with van der Waals surface area (Å²) in [6.07, 6.45) is 9.87. The minimum atomic E-state index is 0.554. The van der Waals surface area contributed by atoms with E-state index < -0.39 is 0 Å². The highest BCUT2D eigenvalue weighted by atomic mass is 15.4. The van der Waals surface area contributed by atoms with Gasteiger partial charge in [-0.15, -0.1) is 0 Å². The van der Waals surface area contributed by atoms with Crippen LogP contribution < -0.4 is 5.84 Å². The van der Waals surface area contributed by atoms with Gasteiger partial charge in [-0.05, 0) is 25.7 Å². The van der Waals surface area contributed by atoms with Crippen molar-refractivity contribution < 1.29 is 0 Å². The van der Waals surface area contributed by atoms with E-state index in [9.17, 15) is 0 Å². The lowest BCUT2D eigenvalue weighted by Gasteiger charge is -2.30. The molecule has 0 bridgehead atoms. The van der Waals surface area contributed by atoms with Crippen molar-refractivity contribution in [3.05, 3.63) is 0 Å². The lowest BCUT2D eigenvalue weighted by molar-refractivity contribution is 0.168. The fourth-order valence-electron chi connectivity index (χ4n) is 2.30. The molecule has 0 radical (unpaired) electrons. The van der Waals surface area contributed by atoms with Gasteiger partial charge in [0.2, 0.25) is 0 Å². The molecule has 1 saturated carbocycles. The molecule has 1 rings (SSSR count). The summed E-state index contributed by atoms with van der Waals surface area (Å²) in [6.45, 7) is 2.26. The van der Waals surface area contributed by atoms with Gasteiger partial charge in [0.1, 0.15) is 0 Å². The lowest BCUT2D eigenvalue weighted by Crippen LogP contribution is -2.40. The third-order valence-corrected chi connectivity index (χ3v) is 3.47. The molecule has 0 aliphatic heterocycles. The maximum atomic E-state index is 5.79. The van der Waals surface area contributed by atoms with Gasteiger partial charge in [-0.25, -0.2) is 5.01 Å². The van der Waals surface area contributed by atoms with E-state index in [0.29, 0.717) is 6.04 Å². The van der Waals surface area contributed by atoms with Crippen LogP contribution in [0.1, 0.15) is 51.9 Å². The normalized spacial score (nSPS) is 24.0. The first-order valence-electron chi connectivity index (χ1n) is 5.69. The summed E-state index contributed by atoms with van der Waals surface area (Å²) in [7, 11) is 1.99. The largest absolute Gasteiger partial charge is 0.269 e. The van der Waals surface area contributed by atoms with Crippen LogP contribution in [0.4, 0.5) is 0 Å². The number of hydrogen-bond acceptors (Lipinski definition) is 2. The van der Waals surface area contributed by atoms with Gasteiger partial charge in [0.25, 0.3) is 0 Å². The fourth-order valence-corrected chi connectivity index (χ4v) is 2.30. The van der Waals surface area contributed by atoms with E-state index in [0.717, 1.165) is 5.92 Å². The number of hydrogen-bond donors (Lipinski definition) is 1. The van der Waals surface area contributed by atoms with Crippen LogP contribution in [-0.4, -0.2) is 18.1 Å². The molecule has 1 fully saturated rings. The van der Waals surface area contributed by atoms with Crippen LogP contribution in [0.15, 0.2) is 0 Å². The Morgan fingerprint density at radius 1 is 1.08 bits per heavy atom. The van der Waals surface area contributed by atoms with Gasteiger partial charge in [-0.2, -0.15) is 0 Å². The standard InChI is InChI=1S/C11H24N2/c1-10(13(2)12)11-8-6-4-3-5-7-9-11/h10-11H,3-9,12H2,1-2H3. The van der Waals surface area contributed by atoms with Crippen molar-refractivity contribution in [2.75, 3.05) is 7.05 Å². The van der Waals surface area contributed by atoms with Crippen LogP contribution in [-0.2, 0) is 0 Å². The summed E-state index contributed by atoms with van der Waals surface area (Å²) in [4.78, 5) is 0. The third kappa shape index (κ3) is 3.65. The molecule has 0 saturated heterocycles. The van der Waals surface area contributed by atoms with E-state index >= 15 is 0 Å². The Morgan fingerprint density at radius 3 is 2.00 bits per heavy atom. The molecular weight excluding hydrogens is 160 g/mol. The molecule has 0 aromatic heterocycles. The molecule has 0 heterocycles. The van der Waals surface area contributed by atoms with Crippen molar-refractivity contribution in [1.82, 2.24) is 5.01 Å². The van der Waals surface area contributed by atoms with E-state index in [1.807, 2.05) is 12.1 Å². The Hall–Kier alpha value is -0.0800. The van der Waals surface area contributed by atoms with Gasteiger partial charge in [-0.3, -0.25) is 5.84 Å². The smallest absolute Gasteiger partial charge is 0.0238 e. The topological polar surface area (TPSA) is 29.3 Å². The first-order valence-corrected chi connectivity index (χ1v) is 5.69. The minimum Gasteiger partial charge on any atom is -0.269 e. The SMILES string of the molecule is CC(C1CCCCCCC1)N(C)N. The highest BCUT2D eigenvalue weighted by molar-refractivity contribution is 4.73. The molecule has 0 spiro atoms. The highest BCUT2D eigenvalue weighted by Gasteiger charge is 2.19. The Kier molecular flexibility index (Phi) is 4.74. The van der Waals surface area contributed by atoms with Crippen LogP contribution in [0.2, 0.25) is 0 Å². The Bertz CT molecular complexity index is 126. The quantitative estimate of drug-likeness (QED) is 0.528. The van der Waals surface area contributed by atoms with Gasteiger partial charge in [0.05, 0.1) is 0 Å². The average molecular weight is 184 g/mol.